The molecule has 18 heavy (non-hydrogen) atoms. The van der Waals surface area contributed by atoms with Crippen LogP contribution in [0.15, 0.2) is 41.2 Å². The summed E-state index contributed by atoms with van der Waals surface area (Å²) >= 11 is 0. The number of H-pyrrole nitrogens is 1. The van der Waals surface area contributed by atoms with E-state index in [1.807, 2.05) is 37.3 Å². The van der Waals surface area contributed by atoms with Crippen molar-refractivity contribution in [2.24, 2.45) is 5.73 Å². The predicted molar refractivity (Wildman–Crippen MR) is 72.3 cm³/mol. The topological polar surface area (TPSA) is 71.8 Å². The van der Waals surface area contributed by atoms with Crippen molar-refractivity contribution in [1.29, 1.82) is 0 Å². The number of nitrogens with one attached hydrogen (secondary N) is 1. The number of benzene rings is 1. The van der Waals surface area contributed by atoms with Gasteiger partial charge in [-0.2, -0.15) is 0 Å². The average molecular weight is 243 g/mol. The second-order valence-electron chi connectivity index (χ2n) is 4.32. The van der Waals surface area contributed by atoms with Crippen LogP contribution in [0.5, 0.6) is 0 Å². The van der Waals surface area contributed by atoms with Crippen LogP contribution in [-0.4, -0.2) is 16.0 Å². The zero-order valence-electron chi connectivity index (χ0n) is 10.4. The largest absolute Gasteiger partial charge is 0.327 e. The number of rotatable bonds is 4. The highest BCUT2D eigenvalue weighted by atomic mass is 16.1. The molecule has 2 aromatic rings. The molecule has 1 atom stereocenters. The second-order valence-corrected chi connectivity index (χ2v) is 4.32. The van der Waals surface area contributed by atoms with Gasteiger partial charge in [-0.05, 0) is 6.42 Å². The number of aromatic nitrogens is 2. The summed E-state index contributed by atoms with van der Waals surface area (Å²) in [6.45, 7) is 2.02. The molecule has 1 aromatic carbocycles. The van der Waals surface area contributed by atoms with E-state index < -0.39 is 0 Å². The molecular formula is C14H17N3O. The summed E-state index contributed by atoms with van der Waals surface area (Å²) in [5.41, 5.74) is 7.38. The molecule has 1 heterocycles. The van der Waals surface area contributed by atoms with E-state index >= 15 is 0 Å². The van der Waals surface area contributed by atoms with Gasteiger partial charge in [0.15, 0.2) is 0 Å². The van der Waals surface area contributed by atoms with Crippen LogP contribution >= 0.6 is 0 Å². The number of nitrogens with zero attached hydrogens (tertiary/aromatic N) is 1. The van der Waals surface area contributed by atoms with Crippen molar-refractivity contribution in [2.75, 3.05) is 0 Å². The first-order valence-corrected chi connectivity index (χ1v) is 6.10. The zero-order valence-corrected chi connectivity index (χ0v) is 10.4. The molecule has 4 heteroatoms. The fourth-order valence-corrected chi connectivity index (χ4v) is 1.75. The number of aromatic amines is 1. The van der Waals surface area contributed by atoms with E-state index in [0.717, 1.165) is 12.0 Å². The molecule has 4 nitrogen and oxygen atoms in total. The van der Waals surface area contributed by atoms with Crippen molar-refractivity contribution in [3.05, 3.63) is 52.6 Å². The molecule has 0 spiro atoms. The summed E-state index contributed by atoms with van der Waals surface area (Å²) in [7, 11) is 0. The van der Waals surface area contributed by atoms with Gasteiger partial charge in [0.2, 0.25) is 0 Å². The van der Waals surface area contributed by atoms with E-state index in [0.29, 0.717) is 17.9 Å². The van der Waals surface area contributed by atoms with E-state index in [1.54, 1.807) is 0 Å². The molecule has 0 radical (unpaired) electrons. The minimum absolute atomic E-state index is 0.0270. The third-order valence-corrected chi connectivity index (χ3v) is 2.84. The van der Waals surface area contributed by atoms with Crippen molar-refractivity contribution < 1.29 is 0 Å². The maximum atomic E-state index is 11.6. The lowest BCUT2D eigenvalue weighted by Gasteiger charge is -2.08. The average Bonchev–Trinajstić information content (AvgIpc) is 2.39. The van der Waals surface area contributed by atoms with Crippen molar-refractivity contribution in [1.82, 2.24) is 9.97 Å². The summed E-state index contributed by atoms with van der Waals surface area (Å²) in [4.78, 5) is 18.8. The lowest BCUT2D eigenvalue weighted by Crippen LogP contribution is -2.24. The molecule has 0 saturated carbocycles. The molecule has 1 aromatic heterocycles. The third kappa shape index (κ3) is 3.05. The smallest absolute Gasteiger partial charge is 0.251 e. The van der Waals surface area contributed by atoms with E-state index in [9.17, 15) is 4.79 Å². The molecule has 94 valence electrons. The van der Waals surface area contributed by atoms with Gasteiger partial charge in [0, 0.05) is 24.1 Å². The maximum absolute atomic E-state index is 11.6. The van der Waals surface area contributed by atoms with Crippen LogP contribution in [0.25, 0.3) is 11.3 Å². The van der Waals surface area contributed by atoms with Crippen molar-refractivity contribution in [3.8, 4) is 11.3 Å². The molecule has 3 N–H and O–H groups in total. The van der Waals surface area contributed by atoms with Gasteiger partial charge >= 0.3 is 0 Å². The highest BCUT2D eigenvalue weighted by Crippen LogP contribution is 2.14. The van der Waals surface area contributed by atoms with Gasteiger partial charge < -0.3 is 10.7 Å². The molecule has 2 rings (SSSR count). The van der Waals surface area contributed by atoms with Crippen LogP contribution in [0.1, 0.15) is 19.2 Å². The molecule has 0 bridgehead atoms. The normalized spacial score (nSPS) is 12.3. The SMILES string of the molecule is CCC(N)Cc1nc(-c2ccccc2)cc(=O)[nH]1. The van der Waals surface area contributed by atoms with Crippen molar-refractivity contribution in [2.45, 2.75) is 25.8 Å². The predicted octanol–water partition coefficient (Wildman–Crippen LogP) is 1.72. The molecular weight excluding hydrogens is 226 g/mol. The summed E-state index contributed by atoms with van der Waals surface area (Å²) in [6, 6.07) is 11.2. The van der Waals surface area contributed by atoms with Gasteiger partial charge in [-0.1, -0.05) is 37.3 Å². The summed E-state index contributed by atoms with van der Waals surface area (Å²) in [6.07, 6.45) is 1.45. The first-order chi connectivity index (χ1) is 8.69. The Labute approximate surface area is 106 Å². The Morgan fingerprint density at radius 1 is 1.33 bits per heavy atom. The Morgan fingerprint density at radius 2 is 2.06 bits per heavy atom. The summed E-state index contributed by atoms with van der Waals surface area (Å²) in [5, 5.41) is 0. The van der Waals surface area contributed by atoms with Crippen LogP contribution in [0.2, 0.25) is 0 Å². The fourth-order valence-electron chi connectivity index (χ4n) is 1.75. The lowest BCUT2D eigenvalue weighted by molar-refractivity contribution is 0.623. The minimum Gasteiger partial charge on any atom is -0.327 e. The first-order valence-electron chi connectivity index (χ1n) is 6.10. The highest BCUT2D eigenvalue weighted by molar-refractivity contribution is 5.58. The third-order valence-electron chi connectivity index (χ3n) is 2.84. The van der Waals surface area contributed by atoms with E-state index in [1.165, 1.54) is 6.07 Å². The van der Waals surface area contributed by atoms with Crippen LogP contribution in [0, 0.1) is 0 Å². The zero-order chi connectivity index (χ0) is 13.0. The Bertz CT molecular complexity index is 563. The molecule has 0 saturated heterocycles. The van der Waals surface area contributed by atoms with Crippen LogP contribution in [-0.2, 0) is 6.42 Å². The molecule has 1 unspecified atom stereocenters. The van der Waals surface area contributed by atoms with Crippen LogP contribution < -0.4 is 11.3 Å². The van der Waals surface area contributed by atoms with Gasteiger partial charge in [-0.25, -0.2) is 4.98 Å². The molecule has 0 fully saturated rings. The van der Waals surface area contributed by atoms with Gasteiger partial charge in [-0.15, -0.1) is 0 Å². The molecule has 0 aliphatic heterocycles. The van der Waals surface area contributed by atoms with Gasteiger partial charge in [0.1, 0.15) is 5.82 Å². The second kappa shape index (κ2) is 5.60. The van der Waals surface area contributed by atoms with Crippen LogP contribution in [0.4, 0.5) is 0 Å². The van der Waals surface area contributed by atoms with E-state index in [4.69, 9.17) is 5.73 Å². The standard InChI is InChI=1S/C14H17N3O/c1-2-11(15)8-13-16-12(9-14(18)17-13)10-6-4-3-5-7-10/h3-7,9,11H,2,8,15H2,1H3,(H,16,17,18). The fraction of sp³-hybridized carbons (Fsp3) is 0.286. The number of nitrogens with two attached hydrogens (primary N) is 1. The van der Waals surface area contributed by atoms with Crippen molar-refractivity contribution >= 4 is 0 Å². The lowest BCUT2D eigenvalue weighted by atomic mass is 10.1. The maximum Gasteiger partial charge on any atom is 0.251 e. The molecule has 0 aliphatic rings. The quantitative estimate of drug-likeness (QED) is 0.858. The van der Waals surface area contributed by atoms with Gasteiger partial charge in [0.05, 0.1) is 5.69 Å². The van der Waals surface area contributed by atoms with Crippen LogP contribution in [0.3, 0.4) is 0 Å². The van der Waals surface area contributed by atoms with E-state index in [2.05, 4.69) is 9.97 Å². The Kier molecular flexibility index (Phi) is 3.89. The van der Waals surface area contributed by atoms with Crippen molar-refractivity contribution in [3.63, 3.8) is 0 Å². The monoisotopic (exact) mass is 243 g/mol. The molecule has 0 amide bonds. The summed E-state index contributed by atoms with van der Waals surface area (Å²) < 4.78 is 0. The number of hydrogen-bond acceptors (Lipinski definition) is 3. The minimum atomic E-state index is -0.137. The first kappa shape index (κ1) is 12.5. The van der Waals surface area contributed by atoms with E-state index in [-0.39, 0.29) is 11.6 Å². The summed E-state index contributed by atoms with van der Waals surface area (Å²) in [5.74, 6) is 0.649. The van der Waals surface area contributed by atoms with Gasteiger partial charge in [0.25, 0.3) is 5.56 Å². The van der Waals surface area contributed by atoms with Gasteiger partial charge in [-0.3, -0.25) is 4.79 Å². The Hall–Kier alpha value is -1.94. The molecule has 0 aliphatic carbocycles. The highest BCUT2D eigenvalue weighted by Gasteiger charge is 2.07. The Balaban J connectivity index is 2.36. The Morgan fingerprint density at radius 3 is 2.72 bits per heavy atom. The number of hydrogen-bond donors (Lipinski definition) is 2.